The Balaban J connectivity index is 3.06. The molecule has 0 fully saturated rings. The largest absolute Gasteiger partial charge is 0.308 e. The van der Waals surface area contributed by atoms with Gasteiger partial charge in [0.25, 0.3) is 0 Å². The summed E-state index contributed by atoms with van der Waals surface area (Å²) in [4.78, 5) is 10.8. The van der Waals surface area contributed by atoms with Crippen LogP contribution < -0.4 is 4.60 Å². The minimum absolute atomic E-state index is 0.0927. The van der Waals surface area contributed by atoms with E-state index < -0.39 is 5.82 Å². The van der Waals surface area contributed by atoms with Crippen LogP contribution in [0.4, 0.5) is 4.39 Å². The van der Waals surface area contributed by atoms with E-state index in [0.717, 1.165) is 0 Å². The Morgan fingerprint density at radius 2 is 2.33 bits per heavy atom. The number of rotatable bonds is 0. The van der Waals surface area contributed by atoms with Gasteiger partial charge in [0.1, 0.15) is 0 Å². The van der Waals surface area contributed by atoms with E-state index in [1.807, 2.05) is 0 Å². The topological polar surface area (TPSA) is 51.9 Å². The molecule has 0 saturated heterocycles. The number of benzene rings is 1. The molecule has 0 amide bonds. The van der Waals surface area contributed by atoms with Gasteiger partial charge in [-0.3, -0.25) is 0 Å². The van der Waals surface area contributed by atoms with Crippen molar-refractivity contribution in [1.82, 2.24) is 5.16 Å². The van der Waals surface area contributed by atoms with Gasteiger partial charge in [0.15, 0.2) is 10.4 Å². The Labute approximate surface area is 73.6 Å². The lowest BCUT2D eigenvalue weighted by Gasteiger charge is -1.86. The maximum atomic E-state index is 13.1. The Morgan fingerprint density at radius 1 is 1.58 bits per heavy atom. The first-order valence-electron chi connectivity index (χ1n) is 3.08. The highest BCUT2D eigenvalue weighted by Crippen LogP contribution is 2.20. The fourth-order valence-electron chi connectivity index (χ4n) is 0.937. The number of nitrogens with zero attached hydrogens (tertiary/aromatic N) is 1. The molecule has 0 aliphatic rings. The molecule has 0 spiro atoms. The Morgan fingerprint density at radius 3 is 3.08 bits per heavy atom. The van der Waals surface area contributed by atoms with Gasteiger partial charge in [0, 0.05) is 0 Å². The van der Waals surface area contributed by atoms with Gasteiger partial charge >= 0.3 is 5.52 Å². The summed E-state index contributed by atoms with van der Waals surface area (Å²) in [7, 11) is 0. The molecule has 2 aromatic rings. The van der Waals surface area contributed by atoms with Crippen LogP contribution in [-0.4, -0.2) is 5.16 Å². The number of nitrogens with one attached hydrogen (secondary N) is 1. The fraction of sp³-hybridized carbons (Fsp3) is 0. The molecule has 0 saturated carbocycles. The number of halogens is 2. The van der Waals surface area contributed by atoms with E-state index in [4.69, 9.17) is 0 Å². The molecule has 1 aromatic carbocycles. The number of fused-ring (bicyclic) bond motifs is 1. The predicted molar refractivity (Wildman–Crippen MR) is 41.6 cm³/mol. The summed E-state index contributed by atoms with van der Waals surface area (Å²) in [6.07, 6.45) is 0. The molecule has 6 heteroatoms. The number of hydrogen-bond acceptors (Lipinski definition) is 2. The van der Waals surface area contributed by atoms with Crippen LogP contribution in [0.5, 0.6) is 0 Å². The van der Waals surface area contributed by atoms with E-state index in [1.54, 1.807) is 6.07 Å². The van der Waals surface area contributed by atoms with Crippen LogP contribution >= 0.6 is 15.9 Å². The Bertz CT molecular complexity index is 490. The molecule has 2 rings (SSSR count). The Hall–Kier alpha value is -1.17. The second kappa shape index (κ2) is 2.41. The molecule has 1 aromatic heterocycles. The molecule has 1 heterocycles. The summed E-state index contributed by atoms with van der Waals surface area (Å²) in [6.45, 7) is 0. The first-order chi connectivity index (χ1) is 5.70. The van der Waals surface area contributed by atoms with Crippen molar-refractivity contribution in [3.8, 4) is 0 Å². The summed E-state index contributed by atoms with van der Waals surface area (Å²) < 4.78 is 17.8. The molecule has 0 bridgehead atoms. The van der Waals surface area contributed by atoms with Crippen LogP contribution in [0.25, 0.3) is 11.0 Å². The quantitative estimate of drug-likeness (QED) is 0.752. The van der Waals surface area contributed by atoms with Crippen LogP contribution in [0, 0.1) is 10.7 Å². The van der Waals surface area contributed by atoms with Gasteiger partial charge in [-0.15, -0.1) is 0 Å². The van der Waals surface area contributed by atoms with Crippen molar-refractivity contribution in [2.24, 2.45) is 0 Å². The van der Waals surface area contributed by atoms with Crippen molar-refractivity contribution in [3.05, 3.63) is 27.3 Å². The van der Waals surface area contributed by atoms with Crippen LogP contribution in [0.2, 0.25) is 0 Å². The van der Waals surface area contributed by atoms with Gasteiger partial charge in [-0.1, -0.05) is 9.79 Å². The minimum atomic E-state index is -0.632. The lowest BCUT2D eigenvalue weighted by Crippen LogP contribution is -2.10. The van der Waals surface area contributed by atoms with Gasteiger partial charge in [0.2, 0.25) is 5.52 Å². The first-order valence-corrected chi connectivity index (χ1v) is 3.87. The van der Waals surface area contributed by atoms with Gasteiger partial charge < -0.3 is 0 Å². The fourth-order valence-corrected chi connectivity index (χ4v) is 1.26. The molecule has 0 radical (unpaired) electrons. The zero-order chi connectivity index (χ0) is 8.72. The lowest BCUT2D eigenvalue weighted by molar-refractivity contribution is -0.693. The molecule has 0 atom stereocenters. The van der Waals surface area contributed by atoms with E-state index in [2.05, 4.69) is 25.7 Å². The molecule has 62 valence electrons. The monoisotopic (exact) mass is 233 g/mol. The number of aromatic nitrogens is 2. The van der Waals surface area contributed by atoms with E-state index in [1.165, 1.54) is 6.07 Å². The average molecular weight is 234 g/mol. The minimum Gasteiger partial charge on any atom is -0.201 e. The van der Waals surface area contributed by atoms with Crippen molar-refractivity contribution in [2.75, 3.05) is 0 Å². The Kier molecular flexibility index (Phi) is 1.50. The zero-order valence-electron chi connectivity index (χ0n) is 5.67. The highest BCUT2D eigenvalue weighted by molar-refractivity contribution is 9.10. The highest BCUT2D eigenvalue weighted by atomic mass is 79.9. The van der Waals surface area contributed by atoms with Crippen LogP contribution in [-0.2, 0) is 0 Å². The number of hydrogen-bond donors (Lipinski definition) is 1. The molecule has 0 unspecified atom stereocenters. The van der Waals surface area contributed by atoms with Gasteiger partial charge in [0.05, 0.1) is 4.47 Å². The van der Waals surface area contributed by atoms with Crippen LogP contribution in [0.3, 0.4) is 0 Å². The summed E-state index contributed by atoms with van der Waals surface area (Å²) in [6, 6.07) is 3.03. The van der Waals surface area contributed by atoms with Crippen molar-refractivity contribution in [3.63, 3.8) is 0 Å². The first kappa shape index (κ1) is 7.48. The van der Waals surface area contributed by atoms with Gasteiger partial charge in [-0.2, -0.15) is 0 Å². The lowest BCUT2D eigenvalue weighted by atomic mass is 10.3. The van der Waals surface area contributed by atoms with Gasteiger partial charge in [-0.25, -0.2) is 4.39 Å². The summed E-state index contributed by atoms with van der Waals surface area (Å²) in [5, 5.41) is 2.27. The average Bonchev–Trinajstić information content (AvgIpc) is 2.41. The second-order valence-electron chi connectivity index (χ2n) is 2.21. The van der Waals surface area contributed by atoms with Crippen LogP contribution in [0.1, 0.15) is 0 Å². The van der Waals surface area contributed by atoms with Gasteiger partial charge in [-0.05, 0) is 33.0 Å². The van der Waals surface area contributed by atoms with Crippen LogP contribution in [0.15, 0.2) is 21.2 Å². The van der Waals surface area contributed by atoms with E-state index in [0.29, 0.717) is 5.52 Å². The highest BCUT2D eigenvalue weighted by Gasteiger charge is 2.17. The number of H-pyrrole nitrogens is 1. The molecular formula is C6H3BrFN2O2+. The van der Waals surface area contributed by atoms with Crippen molar-refractivity contribution < 1.29 is 13.6 Å². The van der Waals surface area contributed by atoms with E-state index in [-0.39, 0.29) is 14.6 Å². The summed E-state index contributed by atoms with van der Waals surface area (Å²) in [5.41, 5.74) is 0.190. The number of aromatic amines is 1. The second-order valence-corrected chi connectivity index (χ2v) is 3.06. The molecule has 12 heavy (non-hydrogen) atoms. The smallest absolute Gasteiger partial charge is 0.201 e. The maximum Gasteiger partial charge on any atom is 0.308 e. The normalized spacial score (nSPS) is 10.8. The summed E-state index contributed by atoms with van der Waals surface area (Å²) >= 11 is 2.95. The molecule has 0 aliphatic carbocycles. The SMILES string of the molecule is O=[n+]1o[nH]c2ccc(Br)c(F)c21. The third-order valence-electron chi connectivity index (χ3n) is 1.49. The van der Waals surface area contributed by atoms with Crippen molar-refractivity contribution in [1.29, 1.82) is 0 Å². The van der Waals surface area contributed by atoms with Crippen molar-refractivity contribution in [2.45, 2.75) is 0 Å². The molecule has 1 N–H and O–H groups in total. The van der Waals surface area contributed by atoms with E-state index >= 15 is 0 Å². The third-order valence-corrected chi connectivity index (χ3v) is 2.10. The standard InChI is InChI=1S/C6H3BrFN2O2/c7-3-1-2-4-6(5(3)8)10(11)12-9-4/h1-2,9H/q+1. The predicted octanol–water partition coefficient (Wildman–Crippen LogP) is 1.58. The third kappa shape index (κ3) is 0.878. The van der Waals surface area contributed by atoms with Crippen molar-refractivity contribution >= 4 is 27.0 Å². The van der Waals surface area contributed by atoms with E-state index in [9.17, 15) is 9.30 Å². The zero-order valence-corrected chi connectivity index (χ0v) is 7.26. The molecule has 0 aliphatic heterocycles. The summed E-state index contributed by atoms with van der Waals surface area (Å²) in [5.74, 6) is -0.632. The molecular weight excluding hydrogens is 231 g/mol. The molecule has 4 nitrogen and oxygen atoms in total. The maximum absolute atomic E-state index is 13.1.